The molecule has 7 nitrogen and oxygen atoms in total. The number of fused-ring (bicyclic) bond motifs is 1. The van der Waals surface area contributed by atoms with E-state index in [4.69, 9.17) is 0 Å². The molecular formula is C15H19N3O4. The first-order chi connectivity index (χ1) is 10.4. The summed E-state index contributed by atoms with van der Waals surface area (Å²) in [6, 6.07) is 3.49. The smallest absolute Gasteiger partial charge is 0.343 e. The van der Waals surface area contributed by atoms with E-state index in [-0.39, 0.29) is 17.8 Å². The molecular weight excluding hydrogens is 286 g/mol. The van der Waals surface area contributed by atoms with Crippen molar-refractivity contribution in [3.05, 3.63) is 33.7 Å². The molecule has 0 aliphatic rings. The molecule has 0 saturated carbocycles. The molecule has 0 aliphatic carbocycles. The molecule has 22 heavy (non-hydrogen) atoms. The van der Waals surface area contributed by atoms with Crippen LogP contribution in [0.1, 0.15) is 29.9 Å². The van der Waals surface area contributed by atoms with Gasteiger partial charge in [-0.3, -0.25) is 9.36 Å². The highest BCUT2D eigenvalue weighted by molar-refractivity contribution is 6.03. The van der Waals surface area contributed by atoms with Crippen molar-refractivity contribution in [1.82, 2.24) is 9.55 Å². The number of hydrogen-bond donors (Lipinski definition) is 3. The largest absolute Gasteiger partial charge is 0.477 e. The first kappa shape index (κ1) is 16.0. The van der Waals surface area contributed by atoms with Crippen LogP contribution in [0.2, 0.25) is 0 Å². The van der Waals surface area contributed by atoms with Gasteiger partial charge in [0.1, 0.15) is 11.2 Å². The zero-order valence-corrected chi connectivity index (χ0v) is 12.8. The van der Waals surface area contributed by atoms with Crippen molar-refractivity contribution in [2.75, 3.05) is 11.9 Å². The Hall–Kier alpha value is -2.41. The zero-order valence-electron chi connectivity index (χ0n) is 12.8. The summed E-state index contributed by atoms with van der Waals surface area (Å²) < 4.78 is 1.35. The number of carboxylic acid groups (broad SMARTS) is 1. The molecule has 0 aromatic carbocycles. The molecule has 7 heteroatoms. The third-order valence-electron chi connectivity index (χ3n) is 3.35. The van der Waals surface area contributed by atoms with Gasteiger partial charge in [0.2, 0.25) is 0 Å². The summed E-state index contributed by atoms with van der Waals surface area (Å²) in [7, 11) is 0. The fourth-order valence-corrected chi connectivity index (χ4v) is 2.34. The summed E-state index contributed by atoms with van der Waals surface area (Å²) in [6.45, 7) is 5.60. The Morgan fingerprint density at radius 3 is 2.68 bits per heavy atom. The fraction of sp³-hybridized carbons (Fsp3) is 0.400. The van der Waals surface area contributed by atoms with E-state index >= 15 is 0 Å². The van der Waals surface area contributed by atoms with Gasteiger partial charge in [-0.2, -0.15) is 0 Å². The van der Waals surface area contributed by atoms with Crippen LogP contribution in [0.25, 0.3) is 11.0 Å². The fourth-order valence-electron chi connectivity index (χ4n) is 2.34. The van der Waals surface area contributed by atoms with E-state index in [1.165, 1.54) is 4.57 Å². The number of carboxylic acids is 1. The van der Waals surface area contributed by atoms with Gasteiger partial charge in [-0.25, -0.2) is 9.78 Å². The highest BCUT2D eigenvalue weighted by Gasteiger charge is 2.22. The molecule has 3 N–H and O–H groups in total. The van der Waals surface area contributed by atoms with Gasteiger partial charge < -0.3 is 15.5 Å². The van der Waals surface area contributed by atoms with Crippen LogP contribution in [-0.4, -0.2) is 38.4 Å². The van der Waals surface area contributed by atoms with Gasteiger partial charge in [-0.05, 0) is 32.9 Å². The lowest BCUT2D eigenvalue weighted by molar-refractivity contribution is 0.0695. The summed E-state index contributed by atoms with van der Waals surface area (Å²) in [5.74, 6) is -1.30. The van der Waals surface area contributed by atoms with Crippen LogP contribution in [0.4, 0.5) is 5.69 Å². The normalized spacial score (nSPS) is 12.4. The quantitative estimate of drug-likeness (QED) is 0.767. The topological polar surface area (TPSA) is 104 Å². The van der Waals surface area contributed by atoms with Crippen molar-refractivity contribution in [1.29, 1.82) is 0 Å². The summed E-state index contributed by atoms with van der Waals surface area (Å²) in [5, 5.41) is 22.2. The van der Waals surface area contributed by atoms with Crippen LogP contribution < -0.4 is 10.9 Å². The number of rotatable bonds is 5. The van der Waals surface area contributed by atoms with Gasteiger partial charge in [0, 0.05) is 24.2 Å². The second kappa shape index (κ2) is 6.15. The number of nitrogens with one attached hydrogen (secondary N) is 1. The lowest BCUT2D eigenvalue weighted by Crippen LogP contribution is -2.30. The average molecular weight is 305 g/mol. The minimum atomic E-state index is -1.30. The molecule has 2 aromatic rings. The van der Waals surface area contributed by atoms with Gasteiger partial charge in [-0.15, -0.1) is 0 Å². The minimum absolute atomic E-state index is 0.138. The Bertz CT molecular complexity index is 780. The third kappa shape index (κ3) is 2.80. The van der Waals surface area contributed by atoms with Crippen LogP contribution in [0, 0.1) is 6.92 Å². The molecule has 0 fully saturated rings. The van der Waals surface area contributed by atoms with Gasteiger partial charge in [0.25, 0.3) is 5.56 Å². The van der Waals surface area contributed by atoms with E-state index in [9.17, 15) is 19.8 Å². The molecule has 2 heterocycles. The SMILES string of the molecule is CCn1c(=O)c(C(=O)O)c(NCC(C)O)c2ccc(C)nc21. The van der Waals surface area contributed by atoms with Crippen molar-refractivity contribution in [3.63, 3.8) is 0 Å². The average Bonchev–Trinajstić information content (AvgIpc) is 2.43. The van der Waals surface area contributed by atoms with E-state index < -0.39 is 17.6 Å². The maximum atomic E-state index is 12.5. The monoisotopic (exact) mass is 305 g/mol. The minimum Gasteiger partial charge on any atom is -0.477 e. The van der Waals surface area contributed by atoms with Crippen LogP contribution in [0.15, 0.2) is 16.9 Å². The number of aliphatic hydroxyl groups is 1. The Balaban J connectivity index is 2.86. The highest BCUT2D eigenvalue weighted by Crippen LogP contribution is 2.24. The first-order valence-corrected chi connectivity index (χ1v) is 7.06. The molecule has 2 aromatic heterocycles. The van der Waals surface area contributed by atoms with Crippen molar-refractivity contribution in [2.24, 2.45) is 0 Å². The molecule has 1 unspecified atom stereocenters. The van der Waals surface area contributed by atoms with Crippen LogP contribution in [-0.2, 0) is 6.54 Å². The molecule has 2 rings (SSSR count). The molecule has 0 aliphatic heterocycles. The Kier molecular flexibility index (Phi) is 4.46. The van der Waals surface area contributed by atoms with Gasteiger partial charge in [0.15, 0.2) is 0 Å². The van der Waals surface area contributed by atoms with Crippen molar-refractivity contribution >= 4 is 22.7 Å². The maximum Gasteiger partial charge on any atom is 0.343 e. The summed E-state index contributed by atoms with van der Waals surface area (Å²) in [6.07, 6.45) is -0.677. The van der Waals surface area contributed by atoms with Crippen LogP contribution in [0.3, 0.4) is 0 Å². The number of aryl methyl sites for hydroxylation is 2. The predicted molar refractivity (Wildman–Crippen MR) is 83.5 cm³/mol. The number of hydrogen-bond acceptors (Lipinski definition) is 5. The first-order valence-electron chi connectivity index (χ1n) is 7.06. The predicted octanol–water partition coefficient (Wildman–Crippen LogP) is 1.22. The lowest BCUT2D eigenvalue weighted by Gasteiger charge is -2.17. The standard InChI is InChI=1S/C15H19N3O4/c1-4-18-13-10(6-5-8(2)17-13)12(16-7-9(3)19)11(14(18)20)15(21)22/h5-6,9,16,19H,4,7H2,1-3H3,(H,21,22). The van der Waals surface area contributed by atoms with E-state index in [1.807, 2.05) is 0 Å². The number of aromatic carboxylic acids is 1. The van der Waals surface area contributed by atoms with Crippen molar-refractivity contribution in [2.45, 2.75) is 33.4 Å². The number of aliphatic hydroxyl groups excluding tert-OH is 1. The van der Waals surface area contributed by atoms with Gasteiger partial charge >= 0.3 is 5.97 Å². The van der Waals surface area contributed by atoms with E-state index in [1.54, 1.807) is 32.9 Å². The molecule has 118 valence electrons. The number of anilines is 1. The Morgan fingerprint density at radius 2 is 2.14 bits per heavy atom. The van der Waals surface area contributed by atoms with Crippen molar-refractivity contribution < 1.29 is 15.0 Å². The molecule has 0 amide bonds. The number of aromatic nitrogens is 2. The number of carbonyl (C=O) groups is 1. The summed E-state index contributed by atoms with van der Waals surface area (Å²) in [4.78, 5) is 28.4. The second-order valence-corrected chi connectivity index (χ2v) is 5.16. The molecule has 1 atom stereocenters. The third-order valence-corrected chi connectivity index (χ3v) is 3.35. The van der Waals surface area contributed by atoms with Gasteiger partial charge in [-0.1, -0.05) is 0 Å². The lowest BCUT2D eigenvalue weighted by atomic mass is 10.1. The second-order valence-electron chi connectivity index (χ2n) is 5.16. The molecule has 0 radical (unpaired) electrons. The maximum absolute atomic E-state index is 12.5. The van der Waals surface area contributed by atoms with E-state index in [0.717, 1.165) is 5.69 Å². The van der Waals surface area contributed by atoms with Crippen LogP contribution in [0.5, 0.6) is 0 Å². The molecule has 0 saturated heterocycles. The number of pyridine rings is 2. The summed E-state index contributed by atoms with van der Waals surface area (Å²) >= 11 is 0. The van der Waals surface area contributed by atoms with Crippen molar-refractivity contribution in [3.8, 4) is 0 Å². The van der Waals surface area contributed by atoms with E-state index in [2.05, 4.69) is 10.3 Å². The van der Waals surface area contributed by atoms with Gasteiger partial charge in [0.05, 0.1) is 11.8 Å². The van der Waals surface area contributed by atoms with Crippen LogP contribution >= 0.6 is 0 Å². The molecule has 0 bridgehead atoms. The Morgan fingerprint density at radius 1 is 1.45 bits per heavy atom. The highest BCUT2D eigenvalue weighted by atomic mass is 16.4. The van der Waals surface area contributed by atoms with E-state index in [0.29, 0.717) is 17.6 Å². The zero-order chi connectivity index (χ0) is 16.4. The summed E-state index contributed by atoms with van der Waals surface area (Å²) in [5.41, 5.74) is 0.434. The number of nitrogens with zero attached hydrogens (tertiary/aromatic N) is 2. The Labute approximate surface area is 127 Å². The molecule has 0 spiro atoms.